The van der Waals surface area contributed by atoms with E-state index in [0.29, 0.717) is 0 Å². The highest BCUT2D eigenvalue weighted by atomic mass is 79.9. The molecule has 3 aromatic rings. The fourth-order valence-electron chi connectivity index (χ4n) is 3.91. The monoisotopic (exact) mass is 467 g/mol. The van der Waals surface area contributed by atoms with Crippen LogP contribution in [0.15, 0.2) is 95.0 Å². The third-order valence-electron chi connectivity index (χ3n) is 5.27. The van der Waals surface area contributed by atoms with Gasteiger partial charge in [-0.15, -0.1) is 0 Å². The van der Waals surface area contributed by atoms with Crippen LogP contribution in [-0.2, 0) is 10.7 Å². The van der Waals surface area contributed by atoms with Gasteiger partial charge in [-0.2, -0.15) is 0 Å². The molecule has 1 saturated heterocycles. The maximum atomic E-state index is 11.5. The molecule has 0 unspecified atom stereocenters. The molecule has 1 aliphatic heterocycles. The molecule has 1 heterocycles. The van der Waals surface area contributed by atoms with E-state index in [9.17, 15) is 8.42 Å². The third kappa shape index (κ3) is 4.69. The van der Waals surface area contributed by atoms with Gasteiger partial charge in [0.25, 0.3) is 0 Å². The van der Waals surface area contributed by atoms with Crippen molar-refractivity contribution in [3.8, 4) is 0 Å². The molecule has 4 rings (SSSR count). The molecule has 1 aliphatic rings. The van der Waals surface area contributed by atoms with E-state index in [1.165, 1.54) is 16.7 Å². The first-order valence-corrected chi connectivity index (χ1v) is 11.7. The Morgan fingerprint density at radius 2 is 1.45 bits per heavy atom. The van der Waals surface area contributed by atoms with Crippen LogP contribution in [-0.4, -0.2) is 32.2 Å². The number of benzene rings is 3. The Kier molecular flexibility index (Phi) is 6.28. The van der Waals surface area contributed by atoms with Gasteiger partial charge in [-0.25, -0.2) is 8.42 Å². The van der Waals surface area contributed by atoms with Crippen LogP contribution in [0.1, 0.15) is 22.7 Å². The maximum Gasteiger partial charge on any atom is 0.144 e. The average Bonchev–Trinajstić information content (AvgIpc) is 2.70. The van der Waals surface area contributed by atoms with Gasteiger partial charge >= 0.3 is 0 Å². The molecular weight excluding hydrogens is 446 g/mol. The number of likely N-dealkylation sites (tertiary alicyclic amines) is 1. The standard InChI is InChI=1S/C24H22BrNO2S/c25-22-13-7-12-20(14-22)23(17-29(27)28)21-15-26(16-21)24(18-8-3-1-4-9-18)19-10-5-2-6-11-19/h1-14,24,29H,15-17H2. The zero-order chi connectivity index (χ0) is 20.2. The Morgan fingerprint density at radius 3 is 1.97 bits per heavy atom. The quantitative estimate of drug-likeness (QED) is 0.522. The smallest absolute Gasteiger partial charge is 0.144 e. The van der Waals surface area contributed by atoms with Crippen molar-refractivity contribution in [2.75, 3.05) is 18.8 Å². The first-order valence-electron chi connectivity index (χ1n) is 9.54. The van der Waals surface area contributed by atoms with Gasteiger partial charge in [-0.1, -0.05) is 88.7 Å². The SMILES string of the molecule is O=[SH](=O)CC(=C1CN(C(c2ccccc2)c2ccccc2)C1)c1cccc(Br)c1. The fraction of sp³-hybridized carbons (Fsp3) is 0.167. The molecule has 0 saturated carbocycles. The van der Waals surface area contributed by atoms with Crippen molar-refractivity contribution in [2.45, 2.75) is 6.04 Å². The number of thiol groups is 1. The highest BCUT2D eigenvalue weighted by Gasteiger charge is 2.32. The van der Waals surface area contributed by atoms with Crippen LogP contribution in [0.5, 0.6) is 0 Å². The third-order valence-corrected chi connectivity index (χ3v) is 6.34. The minimum atomic E-state index is -2.49. The van der Waals surface area contributed by atoms with Gasteiger partial charge in [0.2, 0.25) is 0 Å². The van der Waals surface area contributed by atoms with Gasteiger partial charge in [0, 0.05) is 17.6 Å². The molecule has 3 nitrogen and oxygen atoms in total. The molecule has 3 aromatic carbocycles. The molecule has 1 fully saturated rings. The van der Waals surface area contributed by atoms with Crippen molar-refractivity contribution in [3.63, 3.8) is 0 Å². The summed E-state index contributed by atoms with van der Waals surface area (Å²) in [5.41, 5.74) is 5.59. The van der Waals surface area contributed by atoms with Crippen LogP contribution < -0.4 is 0 Å². The normalized spacial score (nSPS) is 14.2. The summed E-state index contributed by atoms with van der Waals surface area (Å²) in [7, 11) is -2.49. The topological polar surface area (TPSA) is 37.4 Å². The molecule has 0 aromatic heterocycles. The zero-order valence-corrected chi connectivity index (χ0v) is 18.4. The van der Waals surface area contributed by atoms with Crippen LogP contribution in [0.25, 0.3) is 5.57 Å². The van der Waals surface area contributed by atoms with Gasteiger partial charge < -0.3 is 0 Å². The van der Waals surface area contributed by atoms with Crippen LogP contribution in [0.2, 0.25) is 0 Å². The van der Waals surface area contributed by atoms with Gasteiger partial charge in [0.1, 0.15) is 10.7 Å². The summed E-state index contributed by atoms with van der Waals surface area (Å²) in [5, 5.41) is 0. The molecule has 0 bridgehead atoms. The van der Waals surface area contributed by atoms with Gasteiger partial charge in [0.05, 0.1) is 11.8 Å². The Hall–Kier alpha value is -2.21. The number of hydrogen-bond donors (Lipinski definition) is 1. The second-order valence-electron chi connectivity index (χ2n) is 7.21. The lowest BCUT2D eigenvalue weighted by atomic mass is 9.90. The highest BCUT2D eigenvalue weighted by molar-refractivity contribution is 9.10. The number of nitrogens with zero attached hydrogens (tertiary/aromatic N) is 1. The molecule has 0 spiro atoms. The Morgan fingerprint density at radius 1 is 0.862 bits per heavy atom. The van der Waals surface area contributed by atoms with Crippen molar-refractivity contribution < 1.29 is 8.42 Å². The van der Waals surface area contributed by atoms with E-state index in [0.717, 1.165) is 28.7 Å². The summed E-state index contributed by atoms with van der Waals surface area (Å²) in [6, 6.07) is 29.0. The van der Waals surface area contributed by atoms with Gasteiger partial charge in [-0.05, 0) is 40.0 Å². The lowest BCUT2D eigenvalue weighted by molar-refractivity contribution is 0.202. The summed E-state index contributed by atoms with van der Waals surface area (Å²) in [6.07, 6.45) is 0. The predicted molar refractivity (Wildman–Crippen MR) is 123 cm³/mol. The minimum absolute atomic E-state index is 0.0797. The molecule has 0 aliphatic carbocycles. The molecule has 5 heteroatoms. The van der Waals surface area contributed by atoms with E-state index in [-0.39, 0.29) is 11.8 Å². The Labute approximate surface area is 181 Å². The summed E-state index contributed by atoms with van der Waals surface area (Å²) in [5.74, 6) is 0.0797. The number of halogens is 1. The minimum Gasteiger partial charge on any atom is -0.284 e. The van der Waals surface area contributed by atoms with Crippen LogP contribution in [0, 0.1) is 0 Å². The molecule has 0 radical (unpaired) electrons. The first kappa shape index (κ1) is 20.1. The molecule has 0 N–H and O–H groups in total. The van der Waals surface area contributed by atoms with Crippen molar-refractivity contribution in [1.29, 1.82) is 0 Å². The largest absolute Gasteiger partial charge is 0.284 e. The van der Waals surface area contributed by atoms with E-state index < -0.39 is 10.7 Å². The Balaban J connectivity index is 1.67. The van der Waals surface area contributed by atoms with E-state index in [1.807, 2.05) is 36.4 Å². The second-order valence-corrected chi connectivity index (χ2v) is 9.11. The molecule has 0 atom stereocenters. The van der Waals surface area contributed by atoms with Crippen molar-refractivity contribution >= 4 is 32.2 Å². The van der Waals surface area contributed by atoms with Crippen molar-refractivity contribution in [1.82, 2.24) is 4.90 Å². The molecular formula is C24H22BrNO2S. The zero-order valence-electron chi connectivity index (χ0n) is 15.9. The van der Waals surface area contributed by atoms with Crippen LogP contribution in [0.3, 0.4) is 0 Å². The van der Waals surface area contributed by atoms with Gasteiger partial charge in [-0.3, -0.25) is 4.90 Å². The van der Waals surface area contributed by atoms with E-state index in [2.05, 4.69) is 69.4 Å². The number of rotatable bonds is 6. The van der Waals surface area contributed by atoms with E-state index in [1.54, 1.807) is 0 Å². The summed E-state index contributed by atoms with van der Waals surface area (Å²) < 4.78 is 24.1. The molecule has 29 heavy (non-hydrogen) atoms. The summed E-state index contributed by atoms with van der Waals surface area (Å²) in [4.78, 5) is 2.40. The second kappa shape index (κ2) is 9.08. The maximum absolute atomic E-state index is 11.5. The summed E-state index contributed by atoms with van der Waals surface area (Å²) >= 11 is 3.50. The van der Waals surface area contributed by atoms with Crippen molar-refractivity contribution in [2.24, 2.45) is 0 Å². The highest BCUT2D eigenvalue weighted by Crippen LogP contribution is 2.37. The van der Waals surface area contributed by atoms with E-state index in [4.69, 9.17) is 0 Å². The van der Waals surface area contributed by atoms with Crippen LogP contribution in [0.4, 0.5) is 0 Å². The average molecular weight is 468 g/mol. The first-order chi connectivity index (χ1) is 14.1. The fourth-order valence-corrected chi connectivity index (χ4v) is 4.98. The lowest BCUT2D eigenvalue weighted by Crippen LogP contribution is -2.44. The van der Waals surface area contributed by atoms with Crippen LogP contribution >= 0.6 is 15.9 Å². The Bertz CT molecular complexity index is 1040. The van der Waals surface area contributed by atoms with E-state index >= 15 is 0 Å². The van der Waals surface area contributed by atoms with Gasteiger partial charge in [0.15, 0.2) is 0 Å². The lowest BCUT2D eigenvalue weighted by Gasteiger charge is -2.42. The number of hydrogen-bond acceptors (Lipinski definition) is 3. The molecule has 148 valence electrons. The predicted octanol–water partition coefficient (Wildman–Crippen LogP) is 4.92. The summed E-state index contributed by atoms with van der Waals surface area (Å²) in [6.45, 7) is 1.53. The van der Waals surface area contributed by atoms with Crippen molar-refractivity contribution in [3.05, 3.63) is 112 Å². The molecule has 0 amide bonds.